The normalized spacial score (nSPS) is 12.2. The van der Waals surface area contributed by atoms with Gasteiger partial charge < -0.3 is 14.8 Å². The van der Waals surface area contributed by atoms with Crippen LogP contribution in [0.1, 0.15) is 38.8 Å². The molecule has 1 atom stereocenters. The lowest BCUT2D eigenvalue weighted by molar-refractivity contribution is -0.127. The van der Waals surface area contributed by atoms with Gasteiger partial charge in [-0.1, -0.05) is 25.1 Å². The second-order valence-electron chi connectivity index (χ2n) is 6.27. The van der Waals surface area contributed by atoms with Gasteiger partial charge in [0.05, 0.1) is 0 Å². The SMILES string of the molecule is CCC(CN(C)C(C)=O)c1cc2ccccc2n1CCNC(C)=O. The summed E-state index contributed by atoms with van der Waals surface area (Å²) in [5, 5.41) is 4.06. The molecule has 0 saturated carbocycles. The van der Waals surface area contributed by atoms with Crippen molar-refractivity contribution >= 4 is 22.7 Å². The van der Waals surface area contributed by atoms with Crippen LogP contribution in [0, 0.1) is 0 Å². The molecule has 5 heteroatoms. The molecule has 0 bridgehead atoms. The van der Waals surface area contributed by atoms with E-state index in [4.69, 9.17) is 0 Å². The van der Waals surface area contributed by atoms with Crippen molar-refractivity contribution in [1.29, 1.82) is 0 Å². The van der Waals surface area contributed by atoms with Crippen LogP contribution in [-0.2, 0) is 16.1 Å². The predicted molar refractivity (Wildman–Crippen MR) is 97.0 cm³/mol. The maximum absolute atomic E-state index is 11.6. The minimum absolute atomic E-state index is 0.0173. The summed E-state index contributed by atoms with van der Waals surface area (Å²) in [4.78, 5) is 24.5. The van der Waals surface area contributed by atoms with Crippen LogP contribution in [0.25, 0.3) is 10.9 Å². The summed E-state index contributed by atoms with van der Waals surface area (Å²) >= 11 is 0. The number of para-hydroxylation sites is 1. The predicted octanol–water partition coefficient (Wildman–Crippen LogP) is 2.75. The van der Waals surface area contributed by atoms with E-state index in [-0.39, 0.29) is 17.7 Å². The summed E-state index contributed by atoms with van der Waals surface area (Å²) in [6.45, 7) is 7.30. The van der Waals surface area contributed by atoms with E-state index in [1.54, 1.807) is 11.8 Å². The third kappa shape index (κ3) is 4.16. The van der Waals surface area contributed by atoms with E-state index < -0.39 is 0 Å². The number of carbonyl (C=O) groups excluding carboxylic acids is 2. The first-order valence-corrected chi connectivity index (χ1v) is 8.48. The molecule has 0 saturated heterocycles. The third-order valence-corrected chi connectivity index (χ3v) is 4.49. The van der Waals surface area contributed by atoms with Crippen LogP contribution in [0.15, 0.2) is 30.3 Å². The van der Waals surface area contributed by atoms with E-state index in [2.05, 4.69) is 35.0 Å². The summed E-state index contributed by atoms with van der Waals surface area (Å²) in [6.07, 6.45) is 0.952. The zero-order chi connectivity index (χ0) is 17.7. The molecule has 1 aromatic heterocycles. The van der Waals surface area contributed by atoms with E-state index in [0.29, 0.717) is 13.1 Å². The Balaban J connectivity index is 2.35. The van der Waals surface area contributed by atoms with E-state index in [1.165, 1.54) is 23.5 Å². The fraction of sp³-hybridized carbons (Fsp3) is 0.474. The van der Waals surface area contributed by atoms with Gasteiger partial charge >= 0.3 is 0 Å². The number of fused-ring (bicyclic) bond motifs is 1. The van der Waals surface area contributed by atoms with Crippen molar-refractivity contribution in [3.63, 3.8) is 0 Å². The topological polar surface area (TPSA) is 54.3 Å². The number of nitrogens with zero attached hydrogens (tertiary/aromatic N) is 2. The summed E-state index contributed by atoms with van der Waals surface area (Å²) in [7, 11) is 1.84. The van der Waals surface area contributed by atoms with Crippen LogP contribution in [0.3, 0.4) is 0 Å². The number of likely N-dealkylation sites (N-methyl/N-ethyl adjacent to an activating group) is 1. The largest absolute Gasteiger partial charge is 0.355 e. The summed E-state index contributed by atoms with van der Waals surface area (Å²) in [6, 6.07) is 10.5. The van der Waals surface area contributed by atoms with Crippen LogP contribution < -0.4 is 5.32 Å². The second-order valence-corrected chi connectivity index (χ2v) is 6.27. The molecule has 24 heavy (non-hydrogen) atoms. The van der Waals surface area contributed by atoms with E-state index >= 15 is 0 Å². The Morgan fingerprint density at radius 3 is 2.58 bits per heavy atom. The first-order chi connectivity index (χ1) is 11.4. The van der Waals surface area contributed by atoms with Crippen molar-refractivity contribution in [1.82, 2.24) is 14.8 Å². The van der Waals surface area contributed by atoms with Gasteiger partial charge in [-0.2, -0.15) is 0 Å². The second kappa shape index (κ2) is 7.99. The maximum atomic E-state index is 11.6. The molecule has 2 rings (SSSR count). The van der Waals surface area contributed by atoms with Crippen molar-refractivity contribution in [2.24, 2.45) is 0 Å². The van der Waals surface area contributed by atoms with Crippen molar-refractivity contribution in [2.45, 2.75) is 39.7 Å². The van der Waals surface area contributed by atoms with Crippen LogP contribution in [-0.4, -0.2) is 41.4 Å². The Hall–Kier alpha value is -2.30. The molecule has 2 aromatic rings. The molecule has 0 aliphatic rings. The van der Waals surface area contributed by atoms with Gasteiger partial charge in [-0.3, -0.25) is 9.59 Å². The molecule has 0 aliphatic heterocycles. The molecule has 5 nitrogen and oxygen atoms in total. The van der Waals surface area contributed by atoms with Gasteiger partial charge in [0.2, 0.25) is 11.8 Å². The Morgan fingerprint density at radius 1 is 1.25 bits per heavy atom. The minimum atomic E-state index is -0.0173. The zero-order valence-electron chi connectivity index (χ0n) is 15.0. The average Bonchev–Trinajstić information content (AvgIpc) is 2.90. The van der Waals surface area contributed by atoms with Crippen molar-refractivity contribution in [3.05, 3.63) is 36.0 Å². The van der Waals surface area contributed by atoms with Gasteiger partial charge in [0.15, 0.2) is 0 Å². The lowest BCUT2D eigenvalue weighted by Gasteiger charge is -2.24. The van der Waals surface area contributed by atoms with Crippen LogP contribution in [0.2, 0.25) is 0 Å². The highest BCUT2D eigenvalue weighted by molar-refractivity contribution is 5.81. The van der Waals surface area contributed by atoms with E-state index in [1.807, 2.05) is 19.2 Å². The Kier molecular flexibility index (Phi) is 6.01. The minimum Gasteiger partial charge on any atom is -0.355 e. The van der Waals surface area contributed by atoms with Crippen molar-refractivity contribution in [2.75, 3.05) is 20.1 Å². The number of rotatable bonds is 7. The Bertz CT molecular complexity index is 720. The smallest absolute Gasteiger partial charge is 0.219 e. The highest BCUT2D eigenvalue weighted by Gasteiger charge is 2.19. The van der Waals surface area contributed by atoms with Gasteiger partial charge in [-0.05, 0) is 23.9 Å². The lowest BCUT2D eigenvalue weighted by Crippen LogP contribution is -2.30. The fourth-order valence-electron chi connectivity index (χ4n) is 3.05. The van der Waals surface area contributed by atoms with E-state index in [9.17, 15) is 9.59 Å². The first kappa shape index (κ1) is 18.0. The lowest BCUT2D eigenvalue weighted by atomic mass is 10.0. The van der Waals surface area contributed by atoms with Gasteiger partial charge in [-0.25, -0.2) is 0 Å². The first-order valence-electron chi connectivity index (χ1n) is 8.48. The number of carbonyl (C=O) groups is 2. The molecule has 2 amide bonds. The number of hydrogen-bond acceptors (Lipinski definition) is 2. The summed E-state index contributed by atoms with van der Waals surface area (Å²) in [5.41, 5.74) is 2.39. The average molecular weight is 329 g/mol. The molecule has 130 valence electrons. The maximum Gasteiger partial charge on any atom is 0.219 e. The number of aromatic nitrogens is 1. The molecule has 1 N–H and O–H groups in total. The van der Waals surface area contributed by atoms with Crippen LogP contribution >= 0.6 is 0 Å². The van der Waals surface area contributed by atoms with Crippen molar-refractivity contribution in [3.8, 4) is 0 Å². The number of benzene rings is 1. The van der Waals surface area contributed by atoms with Gasteiger partial charge in [0.25, 0.3) is 0 Å². The highest BCUT2D eigenvalue weighted by Crippen LogP contribution is 2.28. The Labute approximate surface area is 143 Å². The molecule has 0 spiro atoms. The standard InChI is InChI=1S/C19H27N3O2/c1-5-16(13-21(4)15(3)24)19-12-17-8-6-7-9-18(17)22(19)11-10-20-14(2)23/h6-9,12,16H,5,10-11,13H2,1-4H3,(H,20,23). The molecule has 0 radical (unpaired) electrons. The number of nitrogens with one attached hydrogen (secondary N) is 1. The summed E-state index contributed by atoms with van der Waals surface area (Å²) in [5.74, 6) is 0.328. The number of amides is 2. The van der Waals surface area contributed by atoms with Crippen LogP contribution in [0.4, 0.5) is 0 Å². The van der Waals surface area contributed by atoms with Gasteiger partial charge in [0, 0.05) is 57.7 Å². The Morgan fingerprint density at radius 2 is 1.96 bits per heavy atom. The van der Waals surface area contributed by atoms with Crippen molar-refractivity contribution < 1.29 is 9.59 Å². The molecule has 0 aliphatic carbocycles. The molecule has 1 heterocycles. The van der Waals surface area contributed by atoms with E-state index in [0.717, 1.165) is 13.0 Å². The van der Waals surface area contributed by atoms with Gasteiger partial charge in [0.1, 0.15) is 0 Å². The quantitative estimate of drug-likeness (QED) is 0.849. The zero-order valence-corrected chi connectivity index (χ0v) is 15.0. The van der Waals surface area contributed by atoms with Gasteiger partial charge in [-0.15, -0.1) is 0 Å². The highest BCUT2D eigenvalue weighted by atomic mass is 16.2. The fourth-order valence-corrected chi connectivity index (χ4v) is 3.05. The third-order valence-electron chi connectivity index (χ3n) is 4.49. The van der Waals surface area contributed by atoms with Crippen LogP contribution in [0.5, 0.6) is 0 Å². The molecular formula is C19H27N3O2. The monoisotopic (exact) mass is 329 g/mol. The molecule has 1 aromatic carbocycles. The molecule has 1 unspecified atom stereocenters. The summed E-state index contributed by atoms with van der Waals surface area (Å²) < 4.78 is 2.27. The number of hydrogen-bond donors (Lipinski definition) is 1. The molecule has 0 fully saturated rings. The molecular weight excluding hydrogens is 302 g/mol.